The largest absolute Gasteiger partial charge is 0.396 e. The molecule has 1 aromatic carbocycles. The van der Waals surface area contributed by atoms with Gasteiger partial charge in [0.15, 0.2) is 0 Å². The summed E-state index contributed by atoms with van der Waals surface area (Å²) >= 11 is 3.55. The van der Waals surface area contributed by atoms with Crippen molar-refractivity contribution in [3.63, 3.8) is 0 Å². The molecule has 1 aromatic rings. The summed E-state index contributed by atoms with van der Waals surface area (Å²) in [7, 11) is 0. The van der Waals surface area contributed by atoms with Gasteiger partial charge in [0.1, 0.15) is 0 Å². The first-order valence-corrected chi connectivity index (χ1v) is 7.28. The Labute approximate surface area is 118 Å². The molecule has 0 spiro atoms. The minimum absolute atomic E-state index is 0.205. The summed E-state index contributed by atoms with van der Waals surface area (Å²) in [5.74, 6) is 0. The molecular weight excluding hydrogens is 292 g/mol. The Kier molecular flexibility index (Phi) is 7.51. The van der Waals surface area contributed by atoms with Crippen molar-refractivity contribution in [1.82, 2.24) is 5.32 Å². The number of aryl methyl sites for hydroxylation is 1. The van der Waals surface area contributed by atoms with E-state index in [0.717, 1.165) is 30.3 Å². The first-order chi connectivity index (χ1) is 8.69. The molecule has 0 aliphatic rings. The smallest absolute Gasteiger partial charge is 0.0444 e. The lowest BCUT2D eigenvalue weighted by Crippen LogP contribution is -2.29. The van der Waals surface area contributed by atoms with Gasteiger partial charge in [-0.15, -0.1) is 0 Å². The molecule has 0 saturated heterocycles. The van der Waals surface area contributed by atoms with E-state index in [-0.39, 0.29) is 12.6 Å². The molecule has 3 nitrogen and oxygen atoms in total. The molecule has 0 saturated carbocycles. The van der Waals surface area contributed by atoms with Crippen LogP contribution in [0.2, 0.25) is 0 Å². The van der Waals surface area contributed by atoms with Gasteiger partial charge < -0.3 is 16.2 Å². The number of nitrogens with two attached hydrogens (primary N) is 1. The lowest BCUT2D eigenvalue weighted by molar-refractivity contribution is 0.282. The number of hydrogen-bond acceptors (Lipinski definition) is 3. The molecule has 0 aliphatic carbocycles. The van der Waals surface area contributed by atoms with Crippen LogP contribution in [0.15, 0.2) is 22.7 Å². The zero-order valence-electron chi connectivity index (χ0n) is 11.0. The maximum Gasteiger partial charge on any atom is 0.0444 e. The molecule has 0 heterocycles. The molecule has 4 N–H and O–H groups in total. The van der Waals surface area contributed by atoms with Crippen LogP contribution in [0.4, 0.5) is 0 Å². The summed E-state index contributed by atoms with van der Waals surface area (Å²) in [4.78, 5) is 0. The Morgan fingerprint density at radius 3 is 2.72 bits per heavy atom. The van der Waals surface area contributed by atoms with Crippen LogP contribution in [0.25, 0.3) is 0 Å². The fourth-order valence-electron chi connectivity index (χ4n) is 1.85. The second-order valence-corrected chi connectivity index (χ2v) is 5.39. The highest BCUT2D eigenvalue weighted by molar-refractivity contribution is 9.10. The van der Waals surface area contributed by atoms with Crippen molar-refractivity contribution in [2.24, 2.45) is 5.73 Å². The van der Waals surface area contributed by atoms with E-state index in [1.54, 1.807) is 0 Å². The van der Waals surface area contributed by atoms with Crippen molar-refractivity contribution in [2.45, 2.75) is 32.2 Å². The fraction of sp³-hybridized carbons (Fsp3) is 0.571. The number of unbranched alkanes of at least 4 members (excludes halogenated alkanes) is 2. The lowest BCUT2D eigenvalue weighted by Gasteiger charge is -2.18. The van der Waals surface area contributed by atoms with Crippen molar-refractivity contribution in [3.05, 3.63) is 33.8 Å². The van der Waals surface area contributed by atoms with E-state index in [4.69, 9.17) is 10.8 Å². The second kappa shape index (κ2) is 8.64. The Morgan fingerprint density at radius 1 is 1.33 bits per heavy atom. The van der Waals surface area contributed by atoms with Crippen molar-refractivity contribution in [3.8, 4) is 0 Å². The van der Waals surface area contributed by atoms with Gasteiger partial charge in [-0.3, -0.25) is 0 Å². The quantitative estimate of drug-likeness (QED) is 0.646. The van der Waals surface area contributed by atoms with Crippen molar-refractivity contribution in [1.29, 1.82) is 0 Å². The van der Waals surface area contributed by atoms with E-state index in [9.17, 15) is 0 Å². The highest BCUT2D eigenvalue weighted by Gasteiger charge is 2.09. The summed E-state index contributed by atoms with van der Waals surface area (Å²) in [6.45, 7) is 3.89. The van der Waals surface area contributed by atoms with E-state index in [2.05, 4.69) is 46.4 Å². The van der Waals surface area contributed by atoms with Crippen LogP contribution in [0.3, 0.4) is 0 Å². The van der Waals surface area contributed by atoms with Gasteiger partial charge >= 0.3 is 0 Å². The van der Waals surface area contributed by atoms with E-state index >= 15 is 0 Å². The zero-order chi connectivity index (χ0) is 13.4. The van der Waals surface area contributed by atoms with Crippen molar-refractivity contribution < 1.29 is 5.11 Å². The summed E-state index contributed by atoms with van der Waals surface area (Å²) in [6.07, 6.45) is 3.01. The number of halogens is 1. The van der Waals surface area contributed by atoms with Crippen molar-refractivity contribution >= 4 is 15.9 Å². The molecule has 0 radical (unpaired) electrons. The SMILES string of the molecule is Cc1ccc(C(CN)NCCCCCO)cc1Br. The lowest BCUT2D eigenvalue weighted by atomic mass is 10.0. The fourth-order valence-corrected chi connectivity index (χ4v) is 2.25. The minimum Gasteiger partial charge on any atom is -0.396 e. The number of benzene rings is 1. The molecule has 0 aliphatic heterocycles. The van der Waals surface area contributed by atoms with Gasteiger partial charge in [0.05, 0.1) is 0 Å². The van der Waals surface area contributed by atoms with Gasteiger partial charge in [-0.1, -0.05) is 28.1 Å². The van der Waals surface area contributed by atoms with Crippen LogP contribution >= 0.6 is 15.9 Å². The predicted molar refractivity (Wildman–Crippen MR) is 79.6 cm³/mol. The number of aliphatic hydroxyl groups is 1. The molecule has 0 amide bonds. The number of aliphatic hydroxyl groups excluding tert-OH is 1. The maximum absolute atomic E-state index is 8.71. The van der Waals surface area contributed by atoms with Crippen LogP contribution in [-0.4, -0.2) is 24.8 Å². The Balaban J connectivity index is 2.47. The van der Waals surface area contributed by atoms with Crippen molar-refractivity contribution in [2.75, 3.05) is 19.7 Å². The Hall–Kier alpha value is -0.420. The zero-order valence-corrected chi connectivity index (χ0v) is 12.5. The number of nitrogens with one attached hydrogen (secondary N) is 1. The molecule has 1 unspecified atom stereocenters. The average Bonchev–Trinajstić information content (AvgIpc) is 2.37. The molecule has 0 bridgehead atoms. The monoisotopic (exact) mass is 314 g/mol. The van der Waals surface area contributed by atoms with Crippen LogP contribution in [-0.2, 0) is 0 Å². The van der Waals surface area contributed by atoms with Crippen LogP contribution in [0.5, 0.6) is 0 Å². The molecular formula is C14H23BrN2O. The van der Waals surface area contributed by atoms with E-state index in [1.807, 2.05) is 0 Å². The molecule has 4 heteroatoms. The average molecular weight is 315 g/mol. The Bertz CT molecular complexity index is 358. The minimum atomic E-state index is 0.205. The normalized spacial score (nSPS) is 12.7. The highest BCUT2D eigenvalue weighted by Crippen LogP contribution is 2.21. The molecule has 1 rings (SSSR count). The summed E-state index contributed by atoms with van der Waals surface area (Å²) in [6, 6.07) is 6.57. The van der Waals surface area contributed by atoms with Crippen LogP contribution in [0.1, 0.15) is 36.4 Å². The summed E-state index contributed by atoms with van der Waals surface area (Å²) in [5.41, 5.74) is 8.27. The van der Waals surface area contributed by atoms with E-state index < -0.39 is 0 Å². The highest BCUT2D eigenvalue weighted by atomic mass is 79.9. The van der Waals surface area contributed by atoms with E-state index in [0.29, 0.717) is 6.54 Å². The van der Waals surface area contributed by atoms with E-state index in [1.165, 1.54) is 11.1 Å². The molecule has 18 heavy (non-hydrogen) atoms. The van der Waals surface area contributed by atoms with Crippen LogP contribution in [0, 0.1) is 6.92 Å². The van der Waals surface area contributed by atoms with Gasteiger partial charge in [0.25, 0.3) is 0 Å². The topological polar surface area (TPSA) is 58.3 Å². The van der Waals surface area contributed by atoms with Gasteiger partial charge in [0.2, 0.25) is 0 Å². The molecule has 0 fully saturated rings. The number of rotatable bonds is 8. The number of hydrogen-bond donors (Lipinski definition) is 3. The summed E-state index contributed by atoms with van der Waals surface area (Å²) < 4.78 is 1.13. The standard InChI is InChI=1S/C14H23BrN2O/c1-11-5-6-12(9-13(11)15)14(10-16)17-7-3-2-4-8-18/h5-6,9,14,17-18H,2-4,7-8,10,16H2,1H3. The van der Waals surface area contributed by atoms with Gasteiger partial charge in [-0.2, -0.15) is 0 Å². The first kappa shape index (κ1) is 15.6. The summed E-state index contributed by atoms with van der Waals surface area (Å²) in [5, 5.41) is 12.2. The second-order valence-electron chi connectivity index (χ2n) is 4.54. The third kappa shape index (κ3) is 5.06. The first-order valence-electron chi connectivity index (χ1n) is 6.49. The van der Waals surface area contributed by atoms with Gasteiger partial charge in [-0.25, -0.2) is 0 Å². The third-order valence-corrected chi connectivity index (χ3v) is 3.91. The Morgan fingerprint density at radius 2 is 2.11 bits per heavy atom. The molecule has 0 aromatic heterocycles. The third-order valence-electron chi connectivity index (χ3n) is 3.06. The van der Waals surface area contributed by atoms with Gasteiger partial charge in [-0.05, 0) is 49.9 Å². The molecule has 1 atom stereocenters. The maximum atomic E-state index is 8.71. The van der Waals surface area contributed by atoms with Crippen LogP contribution < -0.4 is 11.1 Å². The van der Waals surface area contributed by atoms with Gasteiger partial charge in [0, 0.05) is 23.7 Å². The molecule has 102 valence electrons. The predicted octanol–water partition coefficient (Wildman–Crippen LogP) is 2.51.